The van der Waals surface area contributed by atoms with Crippen molar-refractivity contribution in [1.82, 2.24) is 20.1 Å². The molecule has 2 aliphatic rings. The zero-order valence-electron chi connectivity index (χ0n) is 15.1. The molecule has 0 aromatic carbocycles. The van der Waals surface area contributed by atoms with E-state index in [1.807, 2.05) is 41.1 Å². The van der Waals surface area contributed by atoms with Gasteiger partial charge in [0.2, 0.25) is 0 Å². The van der Waals surface area contributed by atoms with Crippen molar-refractivity contribution < 1.29 is 4.79 Å². The SMILES string of the molecule is CSCCN1CCC(NC(=O)N2CCN(c3ccccn3)CC2)CC1. The predicted molar refractivity (Wildman–Crippen MR) is 104 cm³/mol. The molecule has 1 aromatic rings. The lowest BCUT2D eigenvalue weighted by Gasteiger charge is -2.37. The van der Waals surface area contributed by atoms with Gasteiger partial charge in [-0.15, -0.1) is 0 Å². The number of carbonyl (C=O) groups excluding carboxylic acids is 1. The Balaban J connectivity index is 1.39. The van der Waals surface area contributed by atoms with Crippen LogP contribution in [-0.2, 0) is 0 Å². The number of anilines is 1. The molecule has 1 aromatic heterocycles. The number of nitrogens with one attached hydrogen (secondary N) is 1. The number of rotatable bonds is 5. The molecule has 0 bridgehead atoms. The van der Waals surface area contributed by atoms with E-state index in [2.05, 4.69) is 26.4 Å². The highest BCUT2D eigenvalue weighted by atomic mass is 32.2. The first kappa shape index (κ1) is 18.3. The van der Waals surface area contributed by atoms with Crippen LogP contribution in [0.4, 0.5) is 10.6 Å². The fraction of sp³-hybridized carbons (Fsp3) is 0.667. The minimum absolute atomic E-state index is 0.100. The van der Waals surface area contributed by atoms with Crippen LogP contribution in [0, 0.1) is 0 Å². The molecule has 7 heteroatoms. The van der Waals surface area contributed by atoms with E-state index in [9.17, 15) is 4.79 Å². The van der Waals surface area contributed by atoms with Crippen molar-refractivity contribution in [3.05, 3.63) is 24.4 Å². The van der Waals surface area contributed by atoms with E-state index >= 15 is 0 Å². The largest absolute Gasteiger partial charge is 0.353 e. The Labute approximate surface area is 154 Å². The van der Waals surface area contributed by atoms with Gasteiger partial charge >= 0.3 is 6.03 Å². The number of piperidine rings is 1. The third-order valence-corrected chi connectivity index (χ3v) is 5.66. The quantitative estimate of drug-likeness (QED) is 0.864. The summed E-state index contributed by atoms with van der Waals surface area (Å²) >= 11 is 1.90. The Hall–Kier alpha value is -1.47. The zero-order chi connectivity index (χ0) is 17.5. The van der Waals surface area contributed by atoms with Crippen LogP contribution >= 0.6 is 11.8 Å². The maximum Gasteiger partial charge on any atom is 0.317 e. The summed E-state index contributed by atoms with van der Waals surface area (Å²) in [5.41, 5.74) is 0. The van der Waals surface area contributed by atoms with Gasteiger partial charge in [0.15, 0.2) is 0 Å². The van der Waals surface area contributed by atoms with Crippen molar-refractivity contribution in [2.45, 2.75) is 18.9 Å². The van der Waals surface area contributed by atoms with Gasteiger partial charge in [-0.25, -0.2) is 9.78 Å². The van der Waals surface area contributed by atoms with Crippen LogP contribution in [0.2, 0.25) is 0 Å². The van der Waals surface area contributed by atoms with E-state index in [-0.39, 0.29) is 6.03 Å². The molecule has 0 radical (unpaired) electrons. The monoisotopic (exact) mass is 363 g/mol. The van der Waals surface area contributed by atoms with Crippen LogP contribution in [0.25, 0.3) is 0 Å². The number of piperazine rings is 1. The Morgan fingerprint density at radius 1 is 1.20 bits per heavy atom. The van der Waals surface area contributed by atoms with E-state index in [0.717, 1.165) is 64.5 Å². The van der Waals surface area contributed by atoms with Crippen LogP contribution in [0.5, 0.6) is 0 Å². The second-order valence-corrected chi connectivity index (χ2v) is 7.71. The normalized spacial score (nSPS) is 19.9. The number of pyridine rings is 1. The molecular weight excluding hydrogens is 334 g/mol. The van der Waals surface area contributed by atoms with Gasteiger partial charge in [-0.05, 0) is 31.2 Å². The topological polar surface area (TPSA) is 51.7 Å². The zero-order valence-corrected chi connectivity index (χ0v) is 15.9. The van der Waals surface area contributed by atoms with Gasteiger partial charge in [0, 0.05) is 63.8 Å². The third kappa shape index (κ3) is 5.25. The van der Waals surface area contributed by atoms with Crippen molar-refractivity contribution >= 4 is 23.6 Å². The fourth-order valence-corrected chi connectivity index (χ4v) is 3.91. The lowest BCUT2D eigenvalue weighted by Crippen LogP contribution is -2.55. The van der Waals surface area contributed by atoms with Gasteiger partial charge in [0.1, 0.15) is 5.82 Å². The summed E-state index contributed by atoms with van der Waals surface area (Å²) in [5, 5.41) is 3.24. The number of carbonyl (C=O) groups is 1. The number of hydrogen-bond donors (Lipinski definition) is 1. The van der Waals surface area contributed by atoms with Gasteiger partial charge in [-0.3, -0.25) is 0 Å². The van der Waals surface area contributed by atoms with Gasteiger partial charge in [-0.1, -0.05) is 6.07 Å². The molecule has 2 saturated heterocycles. The molecule has 2 amide bonds. The second-order valence-electron chi connectivity index (χ2n) is 6.72. The van der Waals surface area contributed by atoms with E-state index in [1.54, 1.807) is 0 Å². The number of urea groups is 1. The number of likely N-dealkylation sites (tertiary alicyclic amines) is 1. The minimum atomic E-state index is 0.100. The Morgan fingerprint density at radius 2 is 1.96 bits per heavy atom. The van der Waals surface area contributed by atoms with Crippen LogP contribution < -0.4 is 10.2 Å². The first-order valence-corrected chi connectivity index (χ1v) is 10.6. The van der Waals surface area contributed by atoms with E-state index in [4.69, 9.17) is 0 Å². The lowest BCUT2D eigenvalue weighted by molar-refractivity contribution is 0.173. The average Bonchev–Trinajstić information content (AvgIpc) is 2.68. The summed E-state index contributed by atoms with van der Waals surface area (Å²) in [6.45, 7) is 6.56. The summed E-state index contributed by atoms with van der Waals surface area (Å²) < 4.78 is 0. The maximum absolute atomic E-state index is 12.5. The molecule has 2 fully saturated rings. The predicted octanol–water partition coefficient (Wildman–Crippen LogP) is 1.74. The van der Waals surface area contributed by atoms with Crippen molar-refractivity contribution in [3.63, 3.8) is 0 Å². The molecule has 0 spiro atoms. The van der Waals surface area contributed by atoms with E-state index in [0.29, 0.717) is 6.04 Å². The van der Waals surface area contributed by atoms with E-state index < -0.39 is 0 Å². The molecule has 6 nitrogen and oxygen atoms in total. The molecule has 25 heavy (non-hydrogen) atoms. The summed E-state index contributed by atoms with van der Waals surface area (Å²) in [5.74, 6) is 2.19. The number of aromatic nitrogens is 1. The summed E-state index contributed by atoms with van der Waals surface area (Å²) in [4.78, 5) is 23.6. The standard InChI is InChI=1S/C18H29N5OS/c1-25-15-14-21-8-5-16(6-9-21)20-18(24)23-12-10-22(11-13-23)17-4-2-3-7-19-17/h2-4,7,16H,5-6,8-15H2,1H3,(H,20,24). The highest BCUT2D eigenvalue weighted by Crippen LogP contribution is 2.14. The van der Waals surface area contributed by atoms with Gasteiger partial charge in [0.25, 0.3) is 0 Å². The first-order valence-electron chi connectivity index (χ1n) is 9.19. The van der Waals surface area contributed by atoms with Crippen molar-refractivity contribution in [2.75, 3.05) is 62.7 Å². The lowest BCUT2D eigenvalue weighted by atomic mass is 10.1. The summed E-state index contributed by atoms with van der Waals surface area (Å²) in [6, 6.07) is 6.39. The molecule has 3 heterocycles. The Morgan fingerprint density at radius 3 is 2.60 bits per heavy atom. The second kappa shape index (κ2) is 9.29. The molecule has 0 atom stereocenters. The fourth-order valence-electron chi connectivity index (χ4n) is 3.47. The van der Waals surface area contributed by atoms with Crippen LogP contribution in [0.1, 0.15) is 12.8 Å². The molecule has 138 valence electrons. The van der Waals surface area contributed by atoms with Crippen molar-refractivity contribution in [3.8, 4) is 0 Å². The van der Waals surface area contributed by atoms with Crippen molar-refractivity contribution in [2.24, 2.45) is 0 Å². The third-order valence-electron chi connectivity index (χ3n) is 5.07. The van der Waals surface area contributed by atoms with Gasteiger partial charge in [-0.2, -0.15) is 11.8 Å². The maximum atomic E-state index is 12.5. The molecule has 3 rings (SSSR count). The Kier molecular flexibility index (Phi) is 6.81. The molecular formula is C18H29N5OS. The van der Waals surface area contributed by atoms with Crippen LogP contribution in [0.15, 0.2) is 24.4 Å². The molecule has 0 saturated carbocycles. The molecule has 0 aliphatic carbocycles. The van der Waals surface area contributed by atoms with Gasteiger partial charge in [0.05, 0.1) is 0 Å². The minimum Gasteiger partial charge on any atom is -0.353 e. The smallest absolute Gasteiger partial charge is 0.317 e. The van der Waals surface area contributed by atoms with Gasteiger partial charge < -0.3 is 20.0 Å². The summed E-state index contributed by atoms with van der Waals surface area (Å²) in [7, 11) is 0. The molecule has 1 N–H and O–H groups in total. The van der Waals surface area contributed by atoms with Crippen LogP contribution in [-0.4, -0.2) is 84.7 Å². The number of amides is 2. The number of thioether (sulfide) groups is 1. The molecule has 0 unspecified atom stereocenters. The summed E-state index contributed by atoms with van der Waals surface area (Å²) in [6.07, 6.45) is 6.10. The number of nitrogens with zero attached hydrogens (tertiary/aromatic N) is 4. The average molecular weight is 364 g/mol. The van der Waals surface area contributed by atoms with E-state index in [1.165, 1.54) is 5.75 Å². The first-order chi connectivity index (χ1) is 12.3. The Bertz CT molecular complexity index is 528. The molecule has 2 aliphatic heterocycles. The van der Waals surface area contributed by atoms with Crippen molar-refractivity contribution in [1.29, 1.82) is 0 Å². The number of hydrogen-bond acceptors (Lipinski definition) is 5. The highest BCUT2D eigenvalue weighted by Gasteiger charge is 2.25. The highest BCUT2D eigenvalue weighted by molar-refractivity contribution is 7.98. The van der Waals surface area contributed by atoms with Crippen LogP contribution in [0.3, 0.4) is 0 Å².